The molecular weight excluding hydrogens is 196 g/mol. The number of hydrogen-bond donors (Lipinski definition) is 0. The van der Waals surface area contributed by atoms with Crippen LogP contribution in [0.25, 0.3) is 0 Å². The maximum Gasteiger partial charge on any atom is 0.0703 e. The molecule has 0 atom stereocenters. The average molecular weight is 212 g/mol. The summed E-state index contributed by atoms with van der Waals surface area (Å²) < 4.78 is 0. The molecule has 2 nitrogen and oxygen atoms in total. The predicted octanol–water partition coefficient (Wildman–Crippen LogP) is 2.35. The summed E-state index contributed by atoms with van der Waals surface area (Å²) in [6.45, 7) is 3.11. The van der Waals surface area contributed by atoms with Crippen molar-refractivity contribution < 1.29 is 0 Å². The first-order chi connectivity index (χ1) is 7.81. The molecule has 2 aliphatic rings. The second-order valence-corrected chi connectivity index (χ2v) is 5.12. The van der Waals surface area contributed by atoms with E-state index in [1.807, 2.05) is 0 Å². The highest BCUT2D eigenvalue weighted by atomic mass is 15.1. The number of nitrogens with zero attached hydrogens (tertiary/aromatic N) is 2. The summed E-state index contributed by atoms with van der Waals surface area (Å²) in [6, 6.07) is 11.2. The molecule has 2 heteroatoms. The van der Waals surface area contributed by atoms with Crippen LogP contribution in [-0.2, 0) is 13.0 Å². The molecule has 1 aromatic carbocycles. The molecule has 0 saturated heterocycles. The summed E-state index contributed by atoms with van der Waals surface area (Å²) in [4.78, 5) is 2.44. The molecule has 1 heterocycles. The van der Waals surface area contributed by atoms with Gasteiger partial charge in [0.15, 0.2) is 0 Å². The lowest BCUT2D eigenvalue weighted by Gasteiger charge is -2.30. The van der Waals surface area contributed by atoms with Gasteiger partial charge >= 0.3 is 0 Å². The van der Waals surface area contributed by atoms with Crippen LogP contribution in [0.1, 0.15) is 24.0 Å². The van der Waals surface area contributed by atoms with Crippen molar-refractivity contribution in [3.63, 3.8) is 0 Å². The summed E-state index contributed by atoms with van der Waals surface area (Å²) in [5.41, 5.74) is 2.94. The number of hydrogen-bond acceptors (Lipinski definition) is 2. The lowest BCUT2D eigenvalue weighted by molar-refractivity contribution is 0.225. The van der Waals surface area contributed by atoms with Crippen LogP contribution in [-0.4, -0.2) is 18.0 Å². The Morgan fingerprint density at radius 3 is 2.69 bits per heavy atom. The van der Waals surface area contributed by atoms with Gasteiger partial charge in [0.05, 0.1) is 11.5 Å². The largest absolute Gasteiger partial charge is 0.297 e. The Morgan fingerprint density at radius 2 is 2.00 bits per heavy atom. The Labute approximate surface area is 96.5 Å². The molecule has 1 aliphatic carbocycles. The zero-order valence-electron chi connectivity index (χ0n) is 9.45. The van der Waals surface area contributed by atoms with Crippen molar-refractivity contribution in [1.29, 1.82) is 5.26 Å². The Kier molecular flexibility index (Phi) is 2.22. The molecule has 82 valence electrons. The van der Waals surface area contributed by atoms with Crippen molar-refractivity contribution in [2.24, 2.45) is 5.41 Å². The molecule has 0 unspecified atom stereocenters. The highest BCUT2D eigenvalue weighted by Crippen LogP contribution is 2.45. The van der Waals surface area contributed by atoms with E-state index in [9.17, 15) is 0 Å². The third-order valence-corrected chi connectivity index (χ3v) is 3.83. The second-order valence-electron chi connectivity index (χ2n) is 5.12. The minimum Gasteiger partial charge on any atom is -0.297 e. The normalized spacial score (nSPS) is 22.2. The molecule has 1 aromatic rings. The van der Waals surface area contributed by atoms with Gasteiger partial charge in [-0.2, -0.15) is 5.26 Å². The third kappa shape index (κ3) is 1.72. The molecule has 3 rings (SSSR count). The monoisotopic (exact) mass is 212 g/mol. The van der Waals surface area contributed by atoms with Crippen LogP contribution < -0.4 is 0 Å². The molecule has 1 fully saturated rings. The smallest absolute Gasteiger partial charge is 0.0703 e. The quantitative estimate of drug-likeness (QED) is 0.752. The summed E-state index contributed by atoms with van der Waals surface area (Å²) in [7, 11) is 0. The average Bonchev–Trinajstić information content (AvgIpc) is 3.09. The van der Waals surface area contributed by atoms with E-state index in [-0.39, 0.29) is 5.41 Å². The van der Waals surface area contributed by atoms with Crippen LogP contribution in [0.3, 0.4) is 0 Å². The topological polar surface area (TPSA) is 27.0 Å². The number of benzene rings is 1. The molecular formula is C14H16N2. The lowest BCUT2D eigenvalue weighted by Crippen LogP contribution is -2.34. The minimum atomic E-state index is 0.00623. The number of fused-ring (bicyclic) bond motifs is 1. The van der Waals surface area contributed by atoms with Crippen LogP contribution in [0, 0.1) is 16.7 Å². The first-order valence-electron chi connectivity index (χ1n) is 6.02. The highest BCUT2D eigenvalue weighted by molar-refractivity contribution is 5.29. The van der Waals surface area contributed by atoms with Crippen molar-refractivity contribution >= 4 is 0 Å². The Bertz CT molecular complexity index is 440. The van der Waals surface area contributed by atoms with Gasteiger partial charge in [-0.25, -0.2) is 0 Å². The molecule has 0 radical (unpaired) electrons. The summed E-state index contributed by atoms with van der Waals surface area (Å²) in [5, 5.41) is 9.11. The van der Waals surface area contributed by atoms with E-state index in [0.717, 1.165) is 38.9 Å². The first-order valence-corrected chi connectivity index (χ1v) is 6.02. The van der Waals surface area contributed by atoms with E-state index in [2.05, 4.69) is 35.2 Å². The van der Waals surface area contributed by atoms with Crippen LogP contribution in [0.2, 0.25) is 0 Å². The van der Waals surface area contributed by atoms with Crippen molar-refractivity contribution in [2.75, 3.05) is 13.1 Å². The maximum absolute atomic E-state index is 9.11. The van der Waals surface area contributed by atoms with Crippen LogP contribution in [0.5, 0.6) is 0 Å². The van der Waals surface area contributed by atoms with Crippen molar-refractivity contribution in [3.05, 3.63) is 35.4 Å². The van der Waals surface area contributed by atoms with Gasteiger partial charge in [0.1, 0.15) is 0 Å². The first kappa shape index (κ1) is 9.86. The zero-order valence-corrected chi connectivity index (χ0v) is 9.45. The van der Waals surface area contributed by atoms with Crippen LogP contribution in [0.4, 0.5) is 0 Å². The van der Waals surface area contributed by atoms with Crippen LogP contribution in [0.15, 0.2) is 24.3 Å². The van der Waals surface area contributed by atoms with Gasteiger partial charge in [-0.1, -0.05) is 24.3 Å². The third-order valence-electron chi connectivity index (χ3n) is 3.83. The zero-order chi connectivity index (χ0) is 11.0. The van der Waals surface area contributed by atoms with E-state index >= 15 is 0 Å². The van der Waals surface area contributed by atoms with Gasteiger partial charge in [-0.05, 0) is 30.4 Å². The van der Waals surface area contributed by atoms with Gasteiger partial charge < -0.3 is 0 Å². The molecule has 0 aromatic heterocycles. The van der Waals surface area contributed by atoms with E-state index in [4.69, 9.17) is 5.26 Å². The Morgan fingerprint density at radius 1 is 1.25 bits per heavy atom. The summed E-state index contributed by atoms with van der Waals surface area (Å²) >= 11 is 0. The maximum atomic E-state index is 9.11. The molecule has 0 bridgehead atoms. The standard InChI is InChI=1S/C14H16N2/c15-10-14(6-7-14)11-16-8-5-12-3-1-2-4-13(12)9-16/h1-4H,5-9,11H2. The fourth-order valence-electron chi connectivity index (χ4n) is 2.57. The van der Waals surface area contributed by atoms with E-state index < -0.39 is 0 Å². The van der Waals surface area contributed by atoms with Crippen LogP contribution >= 0.6 is 0 Å². The number of rotatable bonds is 2. The predicted molar refractivity (Wildman–Crippen MR) is 62.7 cm³/mol. The molecule has 0 spiro atoms. The van der Waals surface area contributed by atoms with Crippen molar-refractivity contribution in [1.82, 2.24) is 4.90 Å². The van der Waals surface area contributed by atoms with E-state index in [1.165, 1.54) is 11.1 Å². The number of nitriles is 1. The van der Waals surface area contributed by atoms with Crippen molar-refractivity contribution in [2.45, 2.75) is 25.8 Å². The summed E-state index contributed by atoms with van der Waals surface area (Å²) in [5.74, 6) is 0. The molecule has 16 heavy (non-hydrogen) atoms. The van der Waals surface area contributed by atoms with Gasteiger partial charge in [-0.3, -0.25) is 4.90 Å². The van der Waals surface area contributed by atoms with Crippen molar-refractivity contribution in [3.8, 4) is 6.07 Å². The molecule has 1 aliphatic heterocycles. The molecule has 1 saturated carbocycles. The van der Waals surface area contributed by atoms with Gasteiger partial charge in [0.2, 0.25) is 0 Å². The van der Waals surface area contributed by atoms with Gasteiger partial charge in [0, 0.05) is 19.6 Å². The Hall–Kier alpha value is -1.33. The van der Waals surface area contributed by atoms with Gasteiger partial charge in [0.25, 0.3) is 0 Å². The SMILES string of the molecule is N#CC1(CN2CCc3ccccc3C2)CC1. The molecule has 0 N–H and O–H groups in total. The van der Waals surface area contributed by atoms with E-state index in [0.29, 0.717) is 0 Å². The van der Waals surface area contributed by atoms with E-state index in [1.54, 1.807) is 0 Å². The fraction of sp³-hybridized carbons (Fsp3) is 0.500. The van der Waals surface area contributed by atoms with Gasteiger partial charge in [-0.15, -0.1) is 0 Å². The second kappa shape index (κ2) is 3.61. The highest BCUT2D eigenvalue weighted by Gasteiger charge is 2.44. The summed E-state index contributed by atoms with van der Waals surface area (Å²) in [6.07, 6.45) is 3.33. The minimum absolute atomic E-state index is 0.00623. The lowest BCUT2D eigenvalue weighted by atomic mass is 9.98. The fourth-order valence-corrected chi connectivity index (χ4v) is 2.57. The molecule has 0 amide bonds. The Balaban J connectivity index is 1.72.